The van der Waals surface area contributed by atoms with Crippen LogP contribution in [0.5, 0.6) is 5.75 Å². The predicted molar refractivity (Wildman–Crippen MR) is 97.5 cm³/mol. The molecule has 1 aliphatic heterocycles. The van der Waals surface area contributed by atoms with E-state index >= 15 is 0 Å². The normalized spacial score (nSPS) is 19.1. The van der Waals surface area contributed by atoms with Gasteiger partial charge in [-0.1, -0.05) is 23.7 Å². The number of benzene rings is 2. The third kappa shape index (κ3) is 3.31. The van der Waals surface area contributed by atoms with Gasteiger partial charge in [0, 0.05) is 22.7 Å². The standard InChI is InChI=1S/C18H16ClN3O5/c1-18(12-4-3-5-14(9-12)22(25)26)16(23)21(17(24)20-18)10-11-8-13(19)6-7-15(11)27-2/h3-9H,10H2,1-2H3,(H,20,24). The number of nitro groups is 1. The molecule has 0 bridgehead atoms. The van der Waals surface area contributed by atoms with E-state index in [1.807, 2.05) is 0 Å². The maximum atomic E-state index is 13.0. The third-order valence-electron chi connectivity index (χ3n) is 4.48. The summed E-state index contributed by atoms with van der Waals surface area (Å²) in [7, 11) is 1.48. The number of urea groups is 1. The molecule has 0 saturated carbocycles. The Morgan fingerprint density at radius 1 is 1.26 bits per heavy atom. The van der Waals surface area contributed by atoms with Crippen LogP contribution in [0.1, 0.15) is 18.1 Å². The fraction of sp³-hybridized carbons (Fsp3) is 0.222. The summed E-state index contributed by atoms with van der Waals surface area (Å²) in [5.74, 6) is -0.0287. The Hall–Kier alpha value is -3.13. The Morgan fingerprint density at radius 3 is 2.67 bits per heavy atom. The zero-order chi connectivity index (χ0) is 19.8. The number of non-ortho nitro benzene ring substituents is 1. The maximum Gasteiger partial charge on any atom is 0.325 e. The number of nitrogens with zero attached hydrogens (tertiary/aromatic N) is 2. The van der Waals surface area contributed by atoms with Crippen molar-refractivity contribution in [3.63, 3.8) is 0 Å². The molecule has 0 aromatic heterocycles. The maximum absolute atomic E-state index is 13.0. The van der Waals surface area contributed by atoms with E-state index in [-0.39, 0.29) is 12.2 Å². The molecule has 3 rings (SSSR count). The topological polar surface area (TPSA) is 102 Å². The van der Waals surface area contributed by atoms with E-state index in [1.165, 1.54) is 32.2 Å². The summed E-state index contributed by atoms with van der Waals surface area (Å²) in [4.78, 5) is 37.0. The number of halogens is 1. The number of amides is 3. The Bertz CT molecular complexity index is 948. The van der Waals surface area contributed by atoms with Gasteiger partial charge in [0.25, 0.3) is 11.6 Å². The van der Waals surface area contributed by atoms with E-state index in [1.54, 1.807) is 24.3 Å². The highest BCUT2D eigenvalue weighted by Gasteiger charge is 2.49. The summed E-state index contributed by atoms with van der Waals surface area (Å²) >= 11 is 6.01. The lowest BCUT2D eigenvalue weighted by Crippen LogP contribution is -2.40. The first kappa shape index (κ1) is 18.7. The Morgan fingerprint density at radius 2 is 2.00 bits per heavy atom. The first-order valence-electron chi connectivity index (χ1n) is 7.97. The van der Waals surface area contributed by atoms with Gasteiger partial charge < -0.3 is 10.1 Å². The van der Waals surface area contributed by atoms with Crippen LogP contribution in [0.3, 0.4) is 0 Å². The minimum Gasteiger partial charge on any atom is -0.496 e. The highest BCUT2D eigenvalue weighted by atomic mass is 35.5. The molecule has 140 valence electrons. The number of carbonyl (C=O) groups is 2. The zero-order valence-electron chi connectivity index (χ0n) is 14.6. The van der Waals surface area contributed by atoms with Crippen LogP contribution in [0.15, 0.2) is 42.5 Å². The molecule has 0 aliphatic carbocycles. The average Bonchev–Trinajstić information content (AvgIpc) is 2.86. The number of imide groups is 1. The van der Waals surface area contributed by atoms with Gasteiger partial charge in [0.2, 0.25) is 0 Å². The number of methoxy groups -OCH3 is 1. The molecule has 1 heterocycles. The van der Waals surface area contributed by atoms with E-state index in [2.05, 4.69) is 5.32 Å². The zero-order valence-corrected chi connectivity index (χ0v) is 15.3. The largest absolute Gasteiger partial charge is 0.496 e. The molecule has 2 aromatic carbocycles. The molecule has 1 atom stereocenters. The van der Waals surface area contributed by atoms with Gasteiger partial charge in [-0.2, -0.15) is 0 Å². The average molecular weight is 390 g/mol. The molecule has 1 unspecified atom stereocenters. The first-order valence-corrected chi connectivity index (χ1v) is 8.35. The van der Waals surface area contributed by atoms with E-state index in [0.717, 1.165) is 4.90 Å². The van der Waals surface area contributed by atoms with Gasteiger partial charge in [-0.15, -0.1) is 0 Å². The van der Waals surface area contributed by atoms with Crippen LogP contribution in [-0.4, -0.2) is 28.9 Å². The molecule has 8 nitrogen and oxygen atoms in total. The lowest BCUT2D eigenvalue weighted by molar-refractivity contribution is -0.385. The molecule has 3 amide bonds. The van der Waals surface area contributed by atoms with Crippen molar-refractivity contribution in [1.82, 2.24) is 10.2 Å². The third-order valence-corrected chi connectivity index (χ3v) is 4.72. The van der Waals surface area contributed by atoms with Crippen LogP contribution in [0, 0.1) is 10.1 Å². The van der Waals surface area contributed by atoms with Crippen molar-refractivity contribution >= 4 is 29.2 Å². The van der Waals surface area contributed by atoms with Gasteiger partial charge in [0.1, 0.15) is 11.3 Å². The lowest BCUT2D eigenvalue weighted by Gasteiger charge is -2.22. The molecule has 1 aliphatic rings. The number of hydrogen-bond donors (Lipinski definition) is 1. The van der Waals surface area contributed by atoms with Crippen molar-refractivity contribution in [2.24, 2.45) is 0 Å². The van der Waals surface area contributed by atoms with Gasteiger partial charge in [0.05, 0.1) is 18.6 Å². The molecule has 0 spiro atoms. The number of rotatable bonds is 5. The number of nitro benzene ring substituents is 1. The summed E-state index contributed by atoms with van der Waals surface area (Å²) in [5.41, 5.74) is -0.673. The van der Waals surface area contributed by atoms with Crippen LogP contribution in [-0.2, 0) is 16.9 Å². The fourth-order valence-electron chi connectivity index (χ4n) is 3.01. The summed E-state index contributed by atoms with van der Waals surface area (Å²) in [6.07, 6.45) is 0. The summed E-state index contributed by atoms with van der Waals surface area (Å²) in [6, 6.07) is 9.94. The molecule has 0 radical (unpaired) electrons. The van der Waals surface area contributed by atoms with Gasteiger partial charge >= 0.3 is 6.03 Å². The van der Waals surface area contributed by atoms with E-state index in [0.29, 0.717) is 21.9 Å². The number of hydrogen-bond acceptors (Lipinski definition) is 5. The van der Waals surface area contributed by atoms with Crippen molar-refractivity contribution in [2.45, 2.75) is 19.0 Å². The summed E-state index contributed by atoms with van der Waals surface area (Å²) in [5, 5.41) is 14.1. The Kier molecular flexibility index (Phi) is 4.75. The van der Waals surface area contributed by atoms with Gasteiger partial charge in [-0.3, -0.25) is 19.8 Å². The monoisotopic (exact) mass is 389 g/mol. The van der Waals surface area contributed by atoms with Crippen molar-refractivity contribution in [3.8, 4) is 5.75 Å². The smallest absolute Gasteiger partial charge is 0.325 e. The summed E-state index contributed by atoms with van der Waals surface area (Å²) < 4.78 is 5.26. The van der Waals surface area contributed by atoms with Crippen LogP contribution in [0.2, 0.25) is 5.02 Å². The van der Waals surface area contributed by atoms with Gasteiger partial charge in [0.15, 0.2) is 0 Å². The molecule has 2 aromatic rings. The van der Waals surface area contributed by atoms with E-state index in [4.69, 9.17) is 16.3 Å². The van der Waals surface area contributed by atoms with Crippen LogP contribution < -0.4 is 10.1 Å². The molecule has 27 heavy (non-hydrogen) atoms. The minimum atomic E-state index is -1.41. The van der Waals surface area contributed by atoms with Crippen molar-refractivity contribution in [1.29, 1.82) is 0 Å². The fourth-order valence-corrected chi connectivity index (χ4v) is 3.20. The Balaban J connectivity index is 1.94. The molecule has 1 N–H and O–H groups in total. The molecule has 9 heteroatoms. The molecular formula is C18H16ClN3O5. The number of nitrogens with one attached hydrogen (secondary N) is 1. The second kappa shape index (κ2) is 6.88. The molecule has 1 fully saturated rings. The van der Waals surface area contributed by atoms with Crippen molar-refractivity contribution in [3.05, 3.63) is 68.7 Å². The second-order valence-electron chi connectivity index (χ2n) is 6.21. The predicted octanol–water partition coefficient (Wildman–Crippen LogP) is 3.22. The number of ether oxygens (including phenoxy) is 1. The Labute approximate surface area is 159 Å². The van der Waals surface area contributed by atoms with Crippen molar-refractivity contribution < 1.29 is 19.2 Å². The van der Waals surface area contributed by atoms with Crippen molar-refractivity contribution in [2.75, 3.05) is 7.11 Å². The van der Waals surface area contributed by atoms with E-state index < -0.39 is 22.4 Å². The minimum absolute atomic E-state index is 0.0427. The number of carbonyl (C=O) groups excluding carboxylic acids is 2. The second-order valence-corrected chi connectivity index (χ2v) is 6.65. The highest BCUT2D eigenvalue weighted by molar-refractivity contribution is 6.30. The SMILES string of the molecule is COc1ccc(Cl)cc1CN1C(=O)NC(C)(c2cccc([N+](=O)[O-])c2)C1=O. The van der Waals surface area contributed by atoms with Gasteiger partial charge in [-0.05, 0) is 30.7 Å². The first-order chi connectivity index (χ1) is 12.8. The van der Waals surface area contributed by atoms with E-state index in [9.17, 15) is 19.7 Å². The van der Waals surface area contributed by atoms with Crippen LogP contribution in [0.4, 0.5) is 10.5 Å². The highest BCUT2D eigenvalue weighted by Crippen LogP contribution is 2.33. The van der Waals surface area contributed by atoms with Crippen LogP contribution >= 0.6 is 11.6 Å². The molecule has 1 saturated heterocycles. The quantitative estimate of drug-likeness (QED) is 0.480. The summed E-state index contributed by atoms with van der Waals surface area (Å²) in [6.45, 7) is 1.47. The van der Waals surface area contributed by atoms with Gasteiger partial charge in [-0.25, -0.2) is 4.79 Å². The lowest BCUT2D eigenvalue weighted by atomic mass is 9.91. The molecular weight excluding hydrogens is 374 g/mol. The van der Waals surface area contributed by atoms with Crippen LogP contribution in [0.25, 0.3) is 0 Å².